The van der Waals surface area contributed by atoms with E-state index in [4.69, 9.17) is 5.73 Å². The Morgan fingerprint density at radius 1 is 1.47 bits per heavy atom. The molecule has 1 aromatic carbocycles. The molecule has 0 saturated heterocycles. The van der Waals surface area contributed by atoms with Crippen LogP contribution in [0.4, 0.5) is 11.6 Å². The molecule has 1 amide bonds. The number of aromatic nitrogens is 4. The van der Waals surface area contributed by atoms with Gasteiger partial charge in [0.05, 0.1) is 7.05 Å². The van der Waals surface area contributed by atoms with E-state index in [0.717, 1.165) is 5.56 Å². The maximum absolute atomic E-state index is 11.8. The number of nitrogens with one attached hydrogen (secondary N) is 1. The van der Waals surface area contributed by atoms with Gasteiger partial charge in [-0.3, -0.25) is 10.1 Å². The van der Waals surface area contributed by atoms with Crippen molar-refractivity contribution in [2.45, 2.75) is 6.92 Å². The highest BCUT2D eigenvalue weighted by molar-refractivity contribution is 6.03. The van der Waals surface area contributed by atoms with E-state index in [2.05, 4.69) is 20.7 Å². The molecular formula is C10H12N6O. The maximum atomic E-state index is 11.8. The lowest BCUT2D eigenvalue weighted by atomic mass is 10.1. The van der Waals surface area contributed by atoms with E-state index in [9.17, 15) is 4.79 Å². The Kier molecular flexibility index (Phi) is 2.73. The Morgan fingerprint density at radius 3 is 2.82 bits per heavy atom. The molecule has 2 rings (SSSR count). The fourth-order valence-electron chi connectivity index (χ4n) is 1.29. The standard InChI is InChI=1S/C10H12N6O/c1-6-3-4-7(5-8(6)11)9(17)12-10-13-15-16(2)14-10/h3-5H,11H2,1-2H3,(H,12,14,17). The number of carbonyl (C=O) groups is 1. The van der Waals surface area contributed by atoms with E-state index in [1.807, 2.05) is 6.92 Å². The molecule has 88 valence electrons. The second-order valence-corrected chi connectivity index (χ2v) is 3.63. The Balaban J connectivity index is 2.17. The number of benzene rings is 1. The van der Waals surface area contributed by atoms with Crippen molar-refractivity contribution < 1.29 is 4.79 Å². The van der Waals surface area contributed by atoms with Gasteiger partial charge < -0.3 is 5.73 Å². The number of rotatable bonds is 2. The summed E-state index contributed by atoms with van der Waals surface area (Å²) in [5, 5.41) is 13.6. The van der Waals surface area contributed by atoms with Crippen LogP contribution in [0.5, 0.6) is 0 Å². The molecule has 0 radical (unpaired) electrons. The number of nitrogens with two attached hydrogens (primary N) is 1. The predicted octanol–water partition coefficient (Wildman–Crippen LogP) is 0.353. The minimum Gasteiger partial charge on any atom is -0.398 e. The molecule has 0 aliphatic rings. The number of aryl methyl sites for hydroxylation is 2. The first-order chi connectivity index (χ1) is 8.06. The summed E-state index contributed by atoms with van der Waals surface area (Å²) in [6, 6.07) is 5.09. The first-order valence-electron chi connectivity index (χ1n) is 4.98. The van der Waals surface area contributed by atoms with Crippen molar-refractivity contribution in [1.82, 2.24) is 20.2 Å². The van der Waals surface area contributed by atoms with Crippen LogP contribution >= 0.6 is 0 Å². The summed E-state index contributed by atoms with van der Waals surface area (Å²) in [5.74, 6) is -0.152. The molecule has 1 heterocycles. The third kappa shape index (κ3) is 2.39. The second kappa shape index (κ2) is 4.20. The van der Waals surface area contributed by atoms with E-state index in [1.54, 1.807) is 25.2 Å². The van der Waals surface area contributed by atoms with Gasteiger partial charge in [-0.05, 0) is 29.8 Å². The van der Waals surface area contributed by atoms with Crippen LogP contribution in [0.25, 0.3) is 0 Å². The summed E-state index contributed by atoms with van der Waals surface area (Å²) in [6.45, 7) is 1.88. The monoisotopic (exact) mass is 232 g/mol. The Labute approximate surface area is 97.6 Å². The van der Waals surface area contributed by atoms with E-state index in [0.29, 0.717) is 11.3 Å². The molecule has 0 fully saturated rings. The first-order valence-corrected chi connectivity index (χ1v) is 4.98. The van der Waals surface area contributed by atoms with Crippen LogP contribution in [0.2, 0.25) is 0 Å². The van der Waals surface area contributed by atoms with Crippen LogP contribution in [0.1, 0.15) is 15.9 Å². The topological polar surface area (TPSA) is 98.7 Å². The third-order valence-corrected chi connectivity index (χ3v) is 2.28. The lowest BCUT2D eigenvalue weighted by Gasteiger charge is -2.03. The summed E-state index contributed by atoms with van der Waals surface area (Å²) in [7, 11) is 1.62. The molecule has 0 aliphatic carbocycles. The smallest absolute Gasteiger partial charge is 0.270 e. The summed E-state index contributed by atoms with van der Waals surface area (Å²) in [5.41, 5.74) is 7.69. The second-order valence-electron chi connectivity index (χ2n) is 3.63. The van der Waals surface area contributed by atoms with Crippen molar-refractivity contribution in [1.29, 1.82) is 0 Å². The lowest BCUT2D eigenvalue weighted by Crippen LogP contribution is -2.13. The van der Waals surface area contributed by atoms with Crippen LogP contribution in [-0.2, 0) is 7.05 Å². The zero-order chi connectivity index (χ0) is 12.4. The van der Waals surface area contributed by atoms with Crippen molar-refractivity contribution in [3.05, 3.63) is 29.3 Å². The first kappa shape index (κ1) is 11.1. The maximum Gasteiger partial charge on any atom is 0.270 e. The van der Waals surface area contributed by atoms with Gasteiger partial charge >= 0.3 is 0 Å². The number of hydrogen-bond donors (Lipinski definition) is 2. The zero-order valence-corrected chi connectivity index (χ0v) is 9.51. The summed E-state index contributed by atoms with van der Waals surface area (Å²) in [6.07, 6.45) is 0. The molecule has 3 N–H and O–H groups in total. The molecule has 0 spiro atoms. The SMILES string of the molecule is Cc1ccc(C(=O)Nc2nnn(C)n2)cc1N. The molecular weight excluding hydrogens is 220 g/mol. The number of amides is 1. The average molecular weight is 232 g/mol. The largest absolute Gasteiger partial charge is 0.398 e. The number of nitrogen functional groups attached to an aromatic ring is 1. The molecule has 0 unspecified atom stereocenters. The van der Waals surface area contributed by atoms with Crippen LogP contribution in [0.15, 0.2) is 18.2 Å². The fraction of sp³-hybridized carbons (Fsp3) is 0.200. The van der Waals surface area contributed by atoms with Crippen molar-refractivity contribution in [3.63, 3.8) is 0 Å². The molecule has 0 saturated carbocycles. The minimum atomic E-state index is -0.315. The molecule has 0 aliphatic heterocycles. The van der Waals surface area contributed by atoms with E-state index in [-0.39, 0.29) is 11.9 Å². The molecule has 7 heteroatoms. The Hall–Kier alpha value is -2.44. The molecule has 17 heavy (non-hydrogen) atoms. The highest BCUT2D eigenvalue weighted by Gasteiger charge is 2.10. The van der Waals surface area contributed by atoms with Gasteiger partial charge in [-0.2, -0.15) is 4.80 Å². The molecule has 0 atom stereocenters. The van der Waals surface area contributed by atoms with Gasteiger partial charge in [-0.25, -0.2) is 0 Å². The summed E-state index contributed by atoms with van der Waals surface area (Å²) < 4.78 is 0. The van der Waals surface area contributed by atoms with Gasteiger partial charge in [0.15, 0.2) is 0 Å². The molecule has 7 nitrogen and oxygen atoms in total. The van der Waals surface area contributed by atoms with Crippen molar-refractivity contribution in [2.75, 3.05) is 11.1 Å². The predicted molar refractivity (Wildman–Crippen MR) is 62.3 cm³/mol. The number of tetrazole rings is 1. The average Bonchev–Trinajstić information content (AvgIpc) is 2.68. The van der Waals surface area contributed by atoms with Gasteiger partial charge in [-0.1, -0.05) is 11.2 Å². The van der Waals surface area contributed by atoms with Gasteiger partial charge in [0, 0.05) is 11.3 Å². The van der Waals surface area contributed by atoms with Gasteiger partial charge in [0.1, 0.15) is 0 Å². The minimum absolute atomic E-state index is 0.164. The Bertz CT molecular complexity index is 562. The van der Waals surface area contributed by atoms with E-state index in [1.165, 1.54) is 4.80 Å². The van der Waals surface area contributed by atoms with Crippen LogP contribution in [0.3, 0.4) is 0 Å². The van der Waals surface area contributed by atoms with Crippen molar-refractivity contribution in [3.8, 4) is 0 Å². The summed E-state index contributed by atoms with van der Waals surface area (Å²) >= 11 is 0. The van der Waals surface area contributed by atoms with Crippen LogP contribution in [0, 0.1) is 6.92 Å². The van der Waals surface area contributed by atoms with Crippen molar-refractivity contribution in [2.24, 2.45) is 7.05 Å². The summed E-state index contributed by atoms with van der Waals surface area (Å²) in [4.78, 5) is 13.1. The lowest BCUT2D eigenvalue weighted by molar-refractivity contribution is 0.102. The van der Waals surface area contributed by atoms with Crippen LogP contribution < -0.4 is 11.1 Å². The number of carbonyl (C=O) groups excluding carboxylic acids is 1. The van der Waals surface area contributed by atoms with Crippen molar-refractivity contribution >= 4 is 17.5 Å². The highest BCUT2D eigenvalue weighted by atomic mass is 16.1. The van der Waals surface area contributed by atoms with Gasteiger partial charge in [-0.15, -0.1) is 5.10 Å². The number of anilines is 2. The fourth-order valence-corrected chi connectivity index (χ4v) is 1.29. The van der Waals surface area contributed by atoms with Gasteiger partial charge in [0.2, 0.25) is 0 Å². The molecule has 1 aromatic heterocycles. The Morgan fingerprint density at radius 2 is 2.24 bits per heavy atom. The van der Waals surface area contributed by atoms with E-state index < -0.39 is 0 Å². The quantitative estimate of drug-likeness (QED) is 0.728. The zero-order valence-electron chi connectivity index (χ0n) is 9.51. The molecule has 2 aromatic rings. The number of nitrogens with zero attached hydrogens (tertiary/aromatic N) is 4. The number of hydrogen-bond acceptors (Lipinski definition) is 5. The van der Waals surface area contributed by atoms with E-state index >= 15 is 0 Å². The van der Waals surface area contributed by atoms with Crippen LogP contribution in [-0.4, -0.2) is 26.1 Å². The normalized spacial score (nSPS) is 10.2. The third-order valence-electron chi connectivity index (χ3n) is 2.28. The highest BCUT2D eigenvalue weighted by Crippen LogP contribution is 2.13. The molecule has 0 bridgehead atoms. The van der Waals surface area contributed by atoms with Gasteiger partial charge in [0.25, 0.3) is 11.9 Å².